The summed E-state index contributed by atoms with van der Waals surface area (Å²) in [6.07, 6.45) is 0. The first-order valence-corrected chi connectivity index (χ1v) is 9.49. The molecule has 0 bridgehead atoms. The number of aromatic nitrogens is 1. The van der Waals surface area contributed by atoms with Crippen LogP contribution in [-0.4, -0.2) is 61.2 Å². The normalized spacial score (nSPS) is 15.1. The molecule has 1 aromatic carbocycles. The number of nitrogens with zero attached hydrogens (tertiary/aromatic N) is 2. The number of methoxy groups -OCH3 is 1. The highest BCUT2D eigenvalue weighted by Gasteiger charge is 2.24. The molecule has 27 heavy (non-hydrogen) atoms. The average Bonchev–Trinajstić information content (AvgIpc) is 3.16. The third-order valence-electron chi connectivity index (χ3n) is 4.10. The number of thiazole rings is 1. The van der Waals surface area contributed by atoms with E-state index in [-0.39, 0.29) is 17.5 Å². The van der Waals surface area contributed by atoms with Crippen LogP contribution in [0.1, 0.15) is 17.4 Å². The van der Waals surface area contributed by atoms with Gasteiger partial charge in [-0.3, -0.25) is 9.59 Å². The van der Waals surface area contributed by atoms with Crippen molar-refractivity contribution < 1.29 is 19.1 Å². The molecule has 1 atom stereocenters. The fourth-order valence-electron chi connectivity index (χ4n) is 2.65. The van der Waals surface area contributed by atoms with Crippen molar-refractivity contribution >= 4 is 34.0 Å². The van der Waals surface area contributed by atoms with Gasteiger partial charge < -0.3 is 25.0 Å². The van der Waals surface area contributed by atoms with E-state index in [9.17, 15) is 9.59 Å². The Labute approximate surface area is 161 Å². The van der Waals surface area contributed by atoms with Gasteiger partial charge in [-0.05, 0) is 19.1 Å². The lowest BCUT2D eigenvalue weighted by Gasteiger charge is -2.29. The van der Waals surface area contributed by atoms with E-state index in [1.54, 1.807) is 24.3 Å². The average molecular weight is 390 g/mol. The molecule has 2 N–H and O–H groups in total. The van der Waals surface area contributed by atoms with Gasteiger partial charge in [0.1, 0.15) is 17.5 Å². The third-order valence-corrected chi connectivity index (χ3v) is 4.86. The van der Waals surface area contributed by atoms with Crippen LogP contribution in [0.15, 0.2) is 29.6 Å². The number of hydrogen-bond acceptors (Lipinski definition) is 7. The quantitative estimate of drug-likeness (QED) is 0.782. The first kappa shape index (κ1) is 19.1. The topological polar surface area (TPSA) is 92.8 Å². The Bertz CT molecular complexity index is 804. The van der Waals surface area contributed by atoms with Crippen LogP contribution in [-0.2, 0) is 9.53 Å². The number of morpholine rings is 1. The number of nitrogens with one attached hydrogen (secondary N) is 2. The number of amides is 2. The number of ether oxygens (including phenoxy) is 2. The lowest BCUT2D eigenvalue weighted by molar-refractivity contribution is -0.136. The number of rotatable bonds is 6. The molecule has 1 aliphatic rings. The van der Waals surface area contributed by atoms with Crippen LogP contribution in [0.25, 0.3) is 0 Å². The standard InChI is InChI=1S/C18H22N4O4S/c1-12(17(24)22-6-8-26-9-7-22)19-16(23)15-11-27-18(21-15)20-13-4-3-5-14(10-13)25-2/h3-5,10-12H,6-9H2,1-2H3,(H,19,23)(H,20,21). The van der Waals surface area contributed by atoms with E-state index in [4.69, 9.17) is 9.47 Å². The molecular weight excluding hydrogens is 368 g/mol. The number of carbonyl (C=O) groups is 2. The number of anilines is 2. The minimum Gasteiger partial charge on any atom is -0.497 e. The molecule has 1 fully saturated rings. The van der Waals surface area contributed by atoms with Crippen molar-refractivity contribution in [1.82, 2.24) is 15.2 Å². The van der Waals surface area contributed by atoms with Gasteiger partial charge in [-0.15, -0.1) is 11.3 Å². The molecule has 8 nitrogen and oxygen atoms in total. The van der Waals surface area contributed by atoms with E-state index in [0.717, 1.165) is 11.4 Å². The second-order valence-electron chi connectivity index (χ2n) is 6.03. The molecule has 1 aromatic heterocycles. The van der Waals surface area contributed by atoms with Crippen molar-refractivity contribution in [1.29, 1.82) is 0 Å². The molecule has 1 aliphatic heterocycles. The zero-order valence-corrected chi connectivity index (χ0v) is 16.0. The highest BCUT2D eigenvalue weighted by Crippen LogP contribution is 2.23. The van der Waals surface area contributed by atoms with Gasteiger partial charge >= 0.3 is 0 Å². The molecule has 9 heteroatoms. The third kappa shape index (κ3) is 4.95. The molecular formula is C18H22N4O4S. The molecule has 0 aliphatic carbocycles. The summed E-state index contributed by atoms with van der Waals surface area (Å²) < 4.78 is 10.4. The summed E-state index contributed by atoms with van der Waals surface area (Å²) in [6, 6.07) is 6.81. The van der Waals surface area contributed by atoms with Crippen LogP contribution in [0.4, 0.5) is 10.8 Å². The molecule has 2 amide bonds. The van der Waals surface area contributed by atoms with Crippen molar-refractivity contribution in [3.63, 3.8) is 0 Å². The van der Waals surface area contributed by atoms with E-state index >= 15 is 0 Å². The Morgan fingerprint density at radius 1 is 1.33 bits per heavy atom. The molecule has 3 rings (SSSR count). The molecule has 1 unspecified atom stereocenters. The van der Waals surface area contributed by atoms with Gasteiger partial charge in [-0.2, -0.15) is 0 Å². The van der Waals surface area contributed by atoms with Crippen LogP contribution >= 0.6 is 11.3 Å². The van der Waals surface area contributed by atoms with Crippen molar-refractivity contribution in [3.8, 4) is 5.75 Å². The van der Waals surface area contributed by atoms with Crippen LogP contribution in [0, 0.1) is 0 Å². The van der Waals surface area contributed by atoms with E-state index in [0.29, 0.717) is 31.4 Å². The van der Waals surface area contributed by atoms with Crippen molar-refractivity contribution in [2.75, 3.05) is 38.7 Å². The Morgan fingerprint density at radius 3 is 2.85 bits per heavy atom. The molecule has 0 spiro atoms. The molecule has 1 saturated heterocycles. The first-order chi connectivity index (χ1) is 13.1. The summed E-state index contributed by atoms with van der Waals surface area (Å²) in [5, 5.41) is 8.09. The minimum absolute atomic E-state index is 0.114. The van der Waals surface area contributed by atoms with E-state index in [2.05, 4.69) is 15.6 Å². The summed E-state index contributed by atoms with van der Waals surface area (Å²) >= 11 is 1.31. The molecule has 144 valence electrons. The van der Waals surface area contributed by atoms with Crippen LogP contribution < -0.4 is 15.4 Å². The van der Waals surface area contributed by atoms with Crippen molar-refractivity contribution in [3.05, 3.63) is 35.3 Å². The fraction of sp³-hybridized carbons (Fsp3) is 0.389. The summed E-state index contributed by atoms with van der Waals surface area (Å²) in [5.74, 6) is 0.237. The Morgan fingerprint density at radius 2 is 2.11 bits per heavy atom. The summed E-state index contributed by atoms with van der Waals surface area (Å²) in [4.78, 5) is 30.8. The van der Waals surface area contributed by atoms with E-state index < -0.39 is 6.04 Å². The zero-order valence-electron chi connectivity index (χ0n) is 15.2. The van der Waals surface area contributed by atoms with Crippen LogP contribution in [0.3, 0.4) is 0 Å². The van der Waals surface area contributed by atoms with Gasteiger partial charge in [0.2, 0.25) is 5.91 Å². The minimum atomic E-state index is -0.618. The Kier molecular flexibility index (Phi) is 6.25. The van der Waals surface area contributed by atoms with Crippen LogP contribution in [0.5, 0.6) is 5.75 Å². The van der Waals surface area contributed by atoms with Gasteiger partial charge in [0.05, 0.1) is 20.3 Å². The Hall–Kier alpha value is -2.65. The lowest BCUT2D eigenvalue weighted by Crippen LogP contribution is -2.50. The van der Waals surface area contributed by atoms with Crippen molar-refractivity contribution in [2.24, 2.45) is 0 Å². The predicted molar refractivity (Wildman–Crippen MR) is 103 cm³/mol. The maximum Gasteiger partial charge on any atom is 0.271 e. The van der Waals surface area contributed by atoms with Crippen LogP contribution in [0.2, 0.25) is 0 Å². The fourth-order valence-corrected chi connectivity index (χ4v) is 3.36. The Balaban J connectivity index is 1.58. The molecule has 2 heterocycles. The SMILES string of the molecule is COc1cccc(Nc2nc(C(=O)NC(C)C(=O)N3CCOCC3)cs2)c1. The summed E-state index contributed by atoms with van der Waals surface area (Å²) in [7, 11) is 1.60. The van der Waals surface area contributed by atoms with E-state index in [1.165, 1.54) is 11.3 Å². The maximum atomic E-state index is 12.4. The second kappa shape index (κ2) is 8.83. The van der Waals surface area contributed by atoms with Gasteiger partial charge in [0, 0.05) is 30.2 Å². The van der Waals surface area contributed by atoms with Gasteiger partial charge in [-0.1, -0.05) is 6.07 Å². The van der Waals surface area contributed by atoms with E-state index in [1.807, 2.05) is 24.3 Å². The molecule has 0 saturated carbocycles. The predicted octanol–water partition coefficient (Wildman–Crippen LogP) is 1.87. The van der Waals surface area contributed by atoms with Gasteiger partial charge in [0.25, 0.3) is 5.91 Å². The zero-order chi connectivity index (χ0) is 19.2. The molecule has 2 aromatic rings. The monoisotopic (exact) mass is 390 g/mol. The lowest BCUT2D eigenvalue weighted by atomic mass is 10.2. The highest BCUT2D eigenvalue weighted by atomic mass is 32.1. The largest absolute Gasteiger partial charge is 0.497 e. The second-order valence-corrected chi connectivity index (χ2v) is 6.89. The number of hydrogen-bond donors (Lipinski definition) is 2. The summed E-state index contributed by atoms with van der Waals surface area (Å²) in [6.45, 7) is 3.82. The first-order valence-electron chi connectivity index (χ1n) is 8.61. The van der Waals surface area contributed by atoms with Gasteiger partial charge in [-0.25, -0.2) is 4.98 Å². The maximum absolute atomic E-state index is 12.4. The highest BCUT2D eigenvalue weighted by molar-refractivity contribution is 7.14. The summed E-state index contributed by atoms with van der Waals surface area (Å²) in [5.41, 5.74) is 1.08. The number of benzene rings is 1. The smallest absolute Gasteiger partial charge is 0.271 e. The molecule has 0 radical (unpaired) electrons. The van der Waals surface area contributed by atoms with Crippen molar-refractivity contribution in [2.45, 2.75) is 13.0 Å². The van der Waals surface area contributed by atoms with Gasteiger partial charge in [0.15, 0.2) is 5.13 Å². The number of carbonyl (C=O) groups excluding carboxylic acids is 2.